The number of fused-ring (bicyclic) bond motifs is 1. The van der Waals surface area contributed by atoms with Crippen molar-refractivity contribution in [2.45, 2.75) is 12.4 Å². The van der Waals surface area contributed by atoms with Gasteiger partial charge in [0.05, 0.1) is 16.8 Å². The maximum absolute atomic E-state index is 13.0. The summed E-state index contributed by atoms with van der Waals surface area (Å²) >= 11 is 1.09. The molecule has 1 aromatic heterocycles. The number of aromatic nitrogens is 1. The fourth-order valence-corrected chi connectivity index (χ4v) is 3.70. The molecule has 0 amide bonds. The Morgan fingerprint density at radius 3 is 1.97 bits per heavy atom. The van der Waals surface area contributed by atoms with Crippen molar-refractivity contribution in [2.75, 3.05) is 5.32 Å². The highest BCUT2D eigenvalue weighted by molar-refractivity contribution is 8.93. The van der Waals surface area contributed by atoms with E-state index in [9.17, 15) is 26.3 Å². The first kappa shape index (κ1) is 23.1. The molecular formula is C21H13BrF6N2S. The largest absolute Gasteiger partial charge is 0.416 e. The quantitative estimate of drug-likeness (QED) is 0.276. The van der Waals surface area contributed by atoms with Crippen molar-refractivity contribution in [1.29, 1.82) is 0 Å². The van der Waals surface area contributed by atoms with Crippen LogP contribution < -0.4 is 5.32 Å². The van der Waals surface area contributed by atoms with Crippen LogP contribution in [0.15, 0.2) is 66.0 Å². The van der Waals surface area contributed by atoms with Crippen molar-refractivity contribution in [3.8, 4) is 11.3 Å². The summed E-state index contributed by atoms with van der Waals surface area (Å²) in [5.41, 5.74) is -1.75. The summed E-state index contributed by atoms with van der Waals surface area (Å²) < 4.78 is 78.1. The molecule has 0 atom stereocenters. The van der Waals surface area contributed by atoms with Crippen LogP contribution in [0.2, 0.25) is 0 Å². The zero-order chi connectivity index (χ0) is 21.5. The Bertz CT molecular complexity index is 1180. The molecule has 0 aliphatic rings. The maximum atomic E-state index is 13.0. The van der Waals surface area contributed by atoms with Gasteiger partial charge in [0.25, 0.3) is 0 Å². The molecular weight excluding hydrogens is 506 g/mol. The monoisotopic (exact) mass is 518 g/mol. The van der Waals surface area contributed by atoms with Crippen LogP contribution in [0.25, 0.3) is 22.0 Å². The molecule has 0 radical (unpaired) electrons. The topological polar surface area (TPSA) is 24.9 Å². The van der Waals surface area contributed by atoms with Crippen LogP contribution in [0.4, 0.5) is 37.2 Å². The second-order valence-corrected chi connectivity index (χ2v) is 7.38. The summed E-state index contributed by atoms with van der Waals surface area (Å²) in [7, 11) is 0. The number of anilines is 2. The van der Waals surface area contributed by atoms with Crippen LogP contribution in [-0.2, 0) is 12.4 Å². The third kappa shape index (κ3) is 5.19. The first-order valence-electron chi connectivity index (χ1n) is 8.61. The van der Waals surface area contributed by atoms with Crippen molar-refractivity contribution in [3.05, 3.63) is 77.2 Å². The van der Waals surface area contributed by atoms with E-state index in [0.717, 1.165) is 27.7 Å². The molecule has 4 rings (SSSR count). The molecule has 2 nitrogen and oxygen atoms in total. The van der Waals surface area contributed by atoms with Gasteiger partial charge in [0.1, 0.15) is 0 Å². The standard InChI is InChI=1S/C21H12F6N2S.BrH/c22-20(23,24)15-8-16(21(25,26)27)10-17(9-15)28-19-29-18(11-30-19)14-6-5-12-3-1-2-4-13(12)7-14;/h1-11H,(H,28,29);1H. The Kier molecular flexibility index (Phi) is 6.33. The predicted octanol–water partition coefficient (Wildman–Crippen LogP) is 8.32. The van der Waals surface area contributed by atoms with Gasteiger partial charge in [-0.2, -0.15) is 26.3 Å². The lowest BCUT2D eigenvalue weighted by Crippen LogP contribution is -2.11. The van der Waals surface area contributed by atoms with Crippen LogP contribution in [0, 0.1) is 0 Å². The molecule has 0 aliphatic heterocycles. The molecule has 3 aromatic carbocycles. The van der Waals surface area contributed by atoms with Crippen molar-refractivity contribution < 1.29 is 26.3 Å². The lowest BCUT2D eigenvalue weighted by Gasteiger charge is -2.14. The molecule has 31 heavy (non-hydrogen) atoms. The first-order chi connectivity index (χ1) is 14.1. The Morgan fingerprint density at radius 1 is 0.742 bits per heavy atom. The van der Waals surface area contributed by atoms with Gasteiger partial charge in [-0.1, -0.05) is 36.4 Å². The predicted molar refractivity (Wildman–Crippen MR) is 115 cm³/mol. The molecule has 1 N–H and O–H groups in total. The van der Waals surface area contributed by atoms with Gasteiger partial charge in [-0.3, -0.25) is 0 Å². The number of benzene rings is 3. The summed E-state index contributed by atoms with van der Waals surface area (Å²) in [4.78, 5) is 4.31. The summed E-state index contributed by atoms with van der Waals surface area (Å²) in [5.74, 6) is 0. The Balaban J connectivity index is 0.00000272. The van der Waals surface area contributed by atoms with E-state index >= 15 is 0 Å². The number of thiazole rings is 1. The van der Waals surface area contributed by atoms with E-state index in [1.54, 1.807) is 5.38 Å². The third-order valence-corrected chi connectivity index (χ3v) is 5.15. The summed E-state index contributed by atoms with van der Waals surface area (Å²) in [6.45, 7) is 0. The third-order valence-electron chi connectivity index (χ3n) is 4.39. The van der Waals surface area contributed by atoms with E-state index in [4.69, 9.17) is 0 Å². The number of alkyl halides is 6. The first-order valence-corrected chi connectivity index (χ1v) is 9.49. The SMILES string of the molecule is Br.FC(F)(F)c1cc(Nc2nc(-c3ccc4ccccc4c3)cs2)cc(C(F)(F)F)c1. The van der Waals surface area contributed by atoms with Crippen LogP contribution in [-0.4, -0.2) is 4.98 Å². The molecule has 0 bridgehead atoms. The van der Waals surface area contributed by atoms with Crippen molar-refractivity contribution in [3.63, 3.8) is 0 Å². The Morgan fingerprint density at radius 2 is 1.35 bits per heavy atom. The van der Waals surface area contributed by atoms with E-state index in [2.05, 4.69) is 10.3 Å². The molecule has 10 heteroatoms. The molecule has 0 spiro atoms. The van der Waals surface area contributed by atoms with Gasteiger partial charge >= 0.3 is 12.4 Å². The van der Waals surface area contributed by atoms with Gasteiger partial charge in [0.15, 0.2) is 5.13 Å². The minimum absolute atomic E-state index is 0. The van der Waals surface area contributed by atoms with E-state index in [-0.39, 0.29) is 33.9 Å². The molecule has 0 saturated heterocycles. The lowest BCUT2D eigenvalue weighted by atomic mass is 10.1. The van der Waals surface area contributed by atoms with Gasteiger partial charge in [-0.15, -0.1) is 28.3 Å². The summed E-state index contributed by atoms with van der Waals surface area (Å²) in [6, 6.07) is 14.7. The number of rotatable bonds is 3. The van der Waals surface area contributed by atoms with Crippen LogP contribution in [0.5, 0.6) is 0 Å². The second kappa shape index (κ2) is 8.51. The molecule has 0 saturated carbocycles. The van der Waals surface area contributed by atoms with Gasteiger partial charge in [0.2, 0.25) is 0 Å². The van der Waals surface area contributed by atoms with Crippen molar-refractivity contribution >= 4 is 49.9 Å². The Labute approximate surface area is 187 Å². The molecule has 0 unspecified atom stereocenters. The molecule has 0 aliphatic carbocycles. The van der Waals surface area contributed by atoms with Gasteiger partial charge in [0, 0.05) is 16.6 Å². The van der Waals surface area contributed by atoms with Gasteiger partial charge < -0.3 is 5.32 Å². The van der Waals surface area contributed by atoms with Crippen LogP contribution >= 0.6 is 28.3 Å². The van der Waals surface area contributed by atoms with E-state index < -0.39 is 23.5 Å². The molecule has 0 fully saturated rings. The number of hydrogen-bond donors (Lipinski definition) is 1. The highest BCUT2D eigenvalue weighted by Crippen LogP contribution is 2.38. The van der Waals surface area contributed by atoms with E-state index in [0.29, 0.717) is 17.8 Å². The average molecular weight is 519 g/mol. The number of nitrogens with zero attached hydrogens (tertiary/aromatic N) is 1. The minimum Gasteiger partial charge on any atom is -0.332 e. The highest BCUT2D eigenvalue weighted by Gasteiger charge is 2.37. The summed E-state index contributed by atoms with van der Waals surface area (Å²) in [6.07, 6.45) is -9.81. The minimum atomic E-state index is -4.91. The zero-order valence-corrected chi connectivity index (χ0v) is 17.9. The van der Waals surface area contributed by atoms with Crippen LogP contribution in [0.1, 0.15) is 11.1 Å². The molecule has 162 valence electrons. The molecule has 4 aromatic rings. The van der Waals surface area contributed by atoms with Crippen molar-refractivity contribution in [1.82, 2.24) is 4.98 Å². The Hall–Kier alpha value is -2.59. The smallest absolute Gasteiger partial charge is 0.332 e. The molecule has 1 heterocycles. The van der Waals surface area contributed by atoms with E-state index in [1.807, 2.05) is 42.5 Å². The summed E-state index contributed by atoms with van der Waals surface area (Å²) in [5, 5.41) is 6.47. The van der Waals surface area contributed by atoms with Crippen molar-refractivity contribution in [2.24, 2.45) is 0 Å². The average Bonchev–Trinajstić information content (AvgIpc) is 3.14. The fraction of sp³-hybridized carbons (Fsp3) is 0.0952. The fourth-order valence-electron chi connectivity index (χ4n) is 2.96. The number of nitrogens with one attached hydrogen (secondary N) is 1. The number of hydrogen-bond acceptors (Lipinski definition) is 3. The van der Waals surface area contributed by atoms with Crippen LogP contribution in [0.3, 0.4) is 0 Å². The van der Waals surface area contributed by atoms with Gasteiger partial charge in [-0.25, -0.2) is 4.98 Å². The second-order valence-electron chi connectivity index (χ2n) is 6.52. The lowest BCUT2D eigenvalue weighted by molar-refractivity contribution is -0.143. The maximum Gasteiger partial charge on any atom is 0.416 e. The normalized spacial score (nSPS) is 11.9. The van der Waals surface area contributed by atoms with E-state index in [1.165, 1.54) is 0 Å². The highest BCUT2D eigenvalue weighted by atomic mass is 79.9. The number of halogens is 7. The zero-order valence-electron chi connectivity index (χ0n) is 15.4. The van der Waals surface area contributed by atoms with Gasteiger partial charge in [-0.05, 0) is 35.0 Å².